The number of halogens is 5. The number of amides is 2. The highest BCUT2D eigenvalue weighted by molar-refractivity contribution is 5.95. The zero-order valence-corrected chi connectivity index (χ0v) is 19.1. The number of methoxy groups -OCH3 is 1. The number of hydrogen-bond acceptors (Lipinski definition) is 6. The van der Waals surface area contributed by atoms with Gasteiger partial charge in [0.2, 0.25) is 5.82 Å². The van der Waals surface area contributed by atoms with Crippen molar-refractivity contribution in [3.63, 3.8) is 0 Å². The van der Waals surface area contributed by atoms with Crippen LogP contribution in [-0.2, 0) is 9.53 Å². The Morgan fingerprint density at radius 3 is 2.53 bits per heavy atom. The predicted octanol–water partition coefficient (Wildman–Crippen LogP) is 3.19. The third-order valence-electron chi connectivity index (χ3n) is 6.47. The highest BCUT2D eigenvalue weighted by Gasteiger charge is 2.66. The first-order chi connectivity index (χ1) is 16.8. The summed E-state index contributed by atoms with van der Waals surface area (Å²) in [5.74, 6) is -8.13. The van der Waals surface area contributed by atoms with Crippen molar-refractivity contribution in [3.05, 3.63) is 53.6 Å². The number of hydrogen-bond donors (Lipinski definition) is 2. The normalized spacial score (nSPS) is 24.2. The van der Waals surface area contributed by atoms with E-state index in [4.69, 9.17) is 15.2 Å². The number of imidazole rings is 1. The van der Waals surface area contributed by atoms with Crippen LogP contribution in [0.2, 0.25) is 0 Å². The number of ether oxygens (including phenoxy) is 2. The lowest BCUT2D eigenvalue weighted by Crippen LogP contribution is -2.47. The molecule has 14 heteroatoms. The van der Waals surface area contributed by atoms with Crippen LogP contribution >= 0.6 is 0 Å². The Balaban J connectivity index is 1.77. The molecule has 0 saturated carbocycles. The third-order valence-corrected chi connectivity index (χ3v) is 6.47. The SMILES string of the molecule is COc1c([C@H]2[C@H](C(=O)Nc3cn4c(C(N)=O)cnc4cn3)O[C@@](C)(C(F)(F)F)[C@H]2C)ccc(F)c1F. The van der Waals surface area contributed by atoms with E-state index < -0.39 is 58.9 Å². The minimum absolute atomic E-state index is 0.0253. The number of fused-ring (bicyclic) bond motifs is 1. The summed E-state index contributed by atoms with van der Waals surface area (Å²) in [6, 6.07) is 1.79. The number of anilines is 1. The average molecular weight is 513 g/mol. The molecule has 0 aliphatic carbocycles. The number of nitrogens with one attached hydrogen (secondary N) is 1. The summed E-state index contributed by atoms with van der Waals surface area (Å²) >= 11 is 0. The summed E-state index contributed by atoms with van der Waals surface area (Å²) in [6.07, 6.45) is -3.12. The minimum atomic E-state index is -4.91. The molecule has 0 spiro atoms. The largest absolute Gasteiger partial charge is 0.493 e. The first-order valence-electron chi connectivity index (χ1n) is 10.5. The van der Waals surface area contributed by atoms with E-state index in [1.807, 2.05) is 0 Å². The van der Waals surface area contributed by atoms with E-state index in [1.54, 1.807) is 0 Å². The second-order valence-corrected chi connectivity index (χ2v) is 8.44. The van der Waals surface area contributed by atoms with Gasteiger partial charge in [-0.05, 0) is 13.0 Å². The number of aromatic nitrogens is 3. The van der Waals surface area contributed by atoms with Crippen molar-refractivity contribution < 1.29 is 41.0 Å². The molecule has 0 radical (unpaired) electrons. The topological polar surface area (TPSA) is 121 Å². The zero-order chi connectivity index (χ0) is 26.6. The molecule has 9 nitrogen and oxygen atoms in total. The number of nitrogens with two attached hydrogens (primary N) is 1. The van der Waals surface area contributed by atoms with E-state index in [-0.39, 0.29) is 22.7 Å². The maximum Gasteiger partial charge on any atom is 0.417 e. The summed E-state index contributed by atoms with van der Waals surface area (Å²) in [5, 5.41) is 2.35. The lowest BCUT2D eigenvalue weighted by molar-refractivity contribution is -0.272. The lowest BCUT2D eigenvalue weighted by Gasteiger charge is -2.32. The highest BCUT2D eigenvalue weighted by Crippen LogP contribution is 2.54. The third kappa shape index (κ3) is 3.90. The minimum Gasteiger partial charge on any atom is -0.493 e. The van der Waals surface area contributed by atoms with Gasteiger partial charge in [-0.15, -0.1) is 0 Å². The molecule has 4 atom stereocenters. The summed E-state index contributed by atoms with van der Waals surface area (Å²) in [5.41, 5.74) is 2.50. The number of carbonyl (C=O) groups excluding carboxylic acids is 2. The van der Waals surface area contributed by atoms with E-state index in [0.717, 1.165) is 26.2 Å². The van der Waals surface area contributed by atoms with Crippen molar-refractivity contribution in [2.24, 2.45) is 11.7 Å². The molecule has 3 heterocycles. The Labute approximate surface area is 200 Å². The van der Waals surface area contributed by atoms with Crippen molar-refractivity contribution in [2.45, 2.75) is 37.6 Å². The Bertz CT molecular complexity index is 1360. The van der Waals surface area contributed by atoms with Crippen molar-refractivity contribution >= 4 is 23.3 Å². The van der Waals surface area contributed by atoms with Gasteiger partial charge in [0.05, 0.1) is 25.7 Å². The molecule has 1 aromatic carbocycles. The van der Waals surface area contributed by atoms with Gasteiger partial charge in [-0.2, -0.15) is 17.6 Å². The van der Waals surface area contributed by atoms with Crippen LogP contribution in [0.1, 0.15) is 35.8 Å². The lowest BCUT2D eigenvalue weighted by atomic mass is 9.77. The molecule has 1 aliphatic heterocycles. The fraction of sp³-hybridized carbons (Fsp3) is 0.364. The molecule has 3 aromatic rings. The molecule has 3 N–H and O–H groups in total. The maximum absolute atomic E-state index is 14.4. The molecule has 0 bridgehead atoms. The van der Waals surface area contributed by atoms with Crippen LogP contribution in [0.5, 0.6) is 5.75 Å². The first-order valence-corrected chi connectivity index (χ1v) is 10.5. The Kier molecular flexibility index (Phi) is 6.11. The molecule has 1 fully saturated rings. The van der Waals surface area contributed by atoms with Crippen LogP contribution in [0.25, 0.3) is 5.65 Å². The van der Waals surface area contributed by atoms with E-state index in [9.17, 15) is 31.5 Å². The molecule has 36 heavy (non-hydrogen) atoms. The molecule has 0 unspecified atom stereocenters. The van der Waals surface area contributed by atoms with Gasteiger partial charge in [-0.25, -0.2) is 14.4 Å². The van der Waals surface area contributed by atoms with E-state index in [0.29, 0.717) is 0 Å². The van der Waals surface area contributed by atoms with Gasteiger partial charge in [0, 0.05) is 17.4 Å². The molecular formula is C22H20F5N5O4. The van der Waals surface area contributed by atoms with Crippen LogP contribution in [0.4, 0.5) is 27.8 Å². The molecule has 192 valence electrons. The van der Waals surface area contributed by atoms with Crippen molar-refractivity contribution in [1.29, 1.82) is 0 Å². The fourth-order valence-corrected chi connectivity index (χ4v) is 4.37. The van der Waals surface area contributed by atoms with Gasteiger partial charge in [-0.1, -0.05) is 13.0 Å². The molecule has 1 saturated heterocycles. The number of benzene rings is 1. The Morgan fingerprint density at radius 1 is 1.22 bits per heavy atom. The molecule has 2 amide bonds. The number of alkyl halides is 3. The number of carbonyl (C=O) groups is 2. The molecule has 2 aromatic heterocycles. The molecule has 1 aliphatic rings. The van der Waals surface area contributed by atoms with Gasteiger partial charge in [0.1, 0.15) is 17.6 Å². The van der Waals surface area contributed by atoms with E-state index >= 15 is 0 Å². The maximum atomic E-state index is 14.4. The highest BCUT2D eigenvalue weighted by atomic mass is 19.4. The average Bonchev–Trinajstić information content (AvgIpc) is 3.35. The number of rotatable bonds is 5. The summed E-state index contributed by atoms with van der Waals surface area (Å²) < 4.78 is 81.9. The second kappa shape index (κ2) is 8.69. The van der Waals surface area contributed by atoms with Crippen LogP contribution in [-0.4, -0.2) is 51.2 Å². The monoisotopic (exact) mass is 513 g/mol. The van der Waals surface area contributed by atoms with Gasteiger partial charge in [0.15, 0.2) is 22.8 Å². The van der Waals surface area contributed by atoms with Crippen LogP contribution < -0.4 is 15.8 Å². The van der Waals surface area contributed by atoms with Gasteiger partial charge in [-0.3, -0.25) is 14.0 Å². The summed E-state index contributed by atoms with van der Waals surface area (Å²) in [6.45, 7) is 1.97. The van der Waals surface area contributed by atoms with Crippen LogP contribution in [0, 0.1) is 17.6 Å². The summed E-state index contributed by atoms with van der Waals surface area (Å²) in [4.78, 5) is 32.7. The van der Waals surface area contributed by atoms with E-state index in [2.05, 4.69) is 15.3 Å². The molecular weight excluding hydrogens is 493 g/mol. The smallest absolute Gasteiger partial charge is 0.417 e. The van der Waals surface area contributed by atoms with Crippen molar-refractivity contribution in [3.8, 4) is 5.75 Å². The number of nitrogens with zero attached hydrogens (tertiary/aromatic N) is 3. The fourth-order valence-electron chi connectivity index (χ4n) is 4.37. The summed E-state index contributed by atoms with van der Waals surface area (Å²) in [7, 11) is 1.03. The Hall–Kier alpha value is -3.81. The predicted molar refractivity (Wildman–Crippen MR) is 114 cm³/mol. The quantitative estimate of drug-likeness (QED) is 0.506. The zero-order valence-electron chi connectivity index (χ0n) is 19.1. The van der Waals surface area contributed by atoms with Gasteiger partial charge < -0.3 is 20.5 Å². The molecule has 4 rings (SSSR count). The van der Waals surface area contributed by atoms with Crippen LogP contribution in [0.3, 0.4) is 0 Å². The standard InChI is InChI=1S/C22H20F5N5O4/c1-9-15(10-4-5-11(23)16(24)17(10)35-3)18(36-21(9,2)22(25,26)27)20(34)31-13-8-32-12(19(28)33)6-30-14(32)7-29-13/h4-9,15,18H,1-3H3,(H2,28,33)(H,31,34)/t9-,15-,18+,21+/m0/s1. The second-order valence-electron chi connectivity index (χ2n) is 8.44. The van der Waals surface area contributed by atoms with Crippen molar-refractivity contribution in [1.82, 2.24) is 14.4 Å². The van der Waals surface area contributed by atoms with E-state index in [1.165, 1.54) is 29.9 Å². The van der Waals surface area contributed by atoms with Crippen molar-refractivity contribution in [2.75, 3.05) is 12.4 Å². The first kappa shape index (κ1) is 25.3. The Morgan fingerprint density at radius 2 is 1.92 bits per heavy atom. The number of primary amides is 1. The van der Waals surface area contributed by atoms with Crippen LogP contribution in [0.15, 0.2) is 30.7 Å². The van der Waals surface area contributed by atoms with Gasteiger partial charge in [0.25, 0.3) is 11.8 Å². The van der Waals surface area contributed by atoms with Gasteiger partial charge >= 0.3 is 6.18 Å².